The Balaban J connectivity index is 1.80. The van der Waals surface area contributed by atoms with E-state index in [4.69, 9.17) is 5.11 Å². The number of fused-ring (bicyclic) bond motifs is 1. The molecule has 0 atom stereocenters. The maximum absolute atomic E-state index is 11.2. The van der Waals surface area contributed by atoms with Gasteiger partial charge in [0.05, 0.1) is 21.8 Å². The molecule has 140 valence electrons. The quantitative estimate of drug-likeness (QED) is 0.695. The molecular formula is C21H17N3O3S. The van der Waals surface area contributed by atoms with Crippen LogP contribution in [0.5, 0.6) is 5.88 Å². The molecule has 1 aliphatic heterocycles. The number of benzene rings is 2. The van der Waals surface area contributed by atoms with Gasteiger partial charge in [-0.2, -0.15) is 0 Å². The van der Waals surface area contributed by atoms with E-state index in [0.29, 0.717) is 15.4 Å². The van der Waals surface area contributed by atoms with E-state index in [1.54, 1.807) is 23.7 Å². The first-order valence-corrected chi connectivity index (χ1v) is 9.39. The van der Waals surface area contributed by atoms with Crippen LogP contribution in [0.2, 0.25) is 0 Å². The van der Waals surface area contributed by atoms with E-state index in [1.165, 1.54) is 23.5 Å². The van der Waals surface area contributed by atoms with E-state index < -0.39 is 5.97 Å². The lowest BCUT2D eigenvalue weighted by atomic mass is 10.0. The van der Waals surface area contributed by atoms with Crippen LogP contribution in [0, 0.1) is 0 Å². The van der Waals surface area contributed by atoms with Crippen LogP contribution in [-0.2, 0) is 7.05 Å². The van der Waals surface area contributed by atoms with Gasteiger partial charge in [-0.1, -0.05) is 35.6 Å². The average Bonchev–Trinajstić information content (AvgIpc) is 3.13. The van der Waals surface area contributed by atoms with E-state index in [1.807, 2.05) is 37.3 Å². The van der Waals surface area contributed by atoms with Crippen molar-refractivity contribution in [3.8, 4) is 5.88 Å². The van der Waals surface area contributed by atoms with E-state index in [-0.39, 0.29) is 11.4 Å². The molecular weight excluding hydrogens is 374 g/mol. The number of aromatic nitrogens is 1. The van der Waals surface area contributed by atoms with Gasteiger partial charge in [-0.25, -0.2) is 9.79 Å². The minimum Gasteiger partial charge on any atom is -0.493 e. The number of rotatable bonds is 3. The highest BCUT2D eigenvalue weighted by Gasteiger charge is 2.19. The monoisotopic (exact) mass is 391 g/mol. The summed E-state index contributed by atoms with van der Waals surface area (Å²) >= 11 is 1.33. The van der Waals surface area contributed by atoms with Crippen LogP contribution in [0.4, 0.5) is 11.4 Å². The van der Waals surface area contributed by atoms with Crippen LogP contribution in [0.1, 0.15) is 27.7 Å². The highest BCUT2D eigenvalue weighted by molar-refractivity contribution is 7.10. The summed E-state index contributed by atoms with van der Waals surface area (Å²) in [6, 6.07) is 14.3. The first-order chi connectivity index (χ1) is 13.4. The largest absolute Gasteiger partial charge is 0.493 e. The fourth-order valence-corrected chi connectivity index (χ4v) is 4.00. The number of thiazole rings is 1. The number of allylic oxidation sites excluding steroid dienone is 1. The normalized spacial score (nSPS) is 15.0. The van der Waals surface area contributed by atoms with Gasteiger partial charge in [-0.15, -0.1) is 0 Å². The maximum atomic E-state index is 11.2. The second kappa shape index (κ2) is 6.94. The van der Waals surface area contributed by atoms with Crippen LogP contribution < -0.4 is 4.80 Å². The van der Waals surface area contributed by atoms with E-state index in [2.05, 4.69) is 9.98 Å². The number of hydrogen-bond donors (Lipinski definition) is 2. The predicted molar refractivity (Wildman–Crippen MR) is 111 cm³/mol. The summed E-state index contributed by atoms with van der Waals surface area (Å²) in [5.74, 6) is -0.904. The molecule has 2 heterocycles. The number of aromatic hydroxyl groups is 1. The van der Waals surface area contributed by atoms with Crippen LogP contribution in [0.15, 0.2) is 58.5 Å². The summed E-state index contributed by atoms with van der Waals surface area (Å²) in [6.07, 6.45) is 1.91. The Kier molecular flexibility index (Phi) is 4.44. The Morgan fingerprint density at radius 1 is 1.21 bits per heavy atom. The smallest absolute Gasteiger partial charge is 0.335 e. The summed E-state index contributed by atoms with van der Waals surface area (Å²) in [4.78, 5) is 21.4. The van der Waals surface area contributed by atoms with Gasteiger partial charge in [-0.3, -0.25) is 9.56 Å². The zero-order chi connectivity index (χ0) is 19.8. The van der Waals surface area contributed by atoms with E-state index >= 15 is 0 Å². The van der Waals surface area contributed by atoms with E-state index in [0.717, 1.165) is 22.5 Å². The molecule has 2 N–H and O–H groups in total. The highest BCUT2D eigenvalue weighted by atomic mass is 32.1. The Hall–Kier alpha value is -3.45. The second-order valence-electron chi connectivity index (χ2n) is 6.37. The number of aliphatic imine (C=N–C) groups is 1. The molecule has 28 heavy (non-hydrogen) atoms. The summed E-state index contributed by atoms with van der Waals surface area (Å²) < 4.78 is 1.58. The van der Waals surface area contributed by atoms with Crippen molar-refractivity contribution in [3.05, 3.63) is 69.3 Å². The van der Waals surface area contributed by atoms with Gasteiger partial charge in [0.1, 0.15) is 0 Å². The lowest BCUT2D eigenvalue weighted by molar-refractivity contribution is 0.0697. The molecule has 0 saturated carbocycles. The molecule has 0 fully saturated rings. The third-order valence-electron chi connectivity index (χ3n) is 4.49. The minimum atomic E-state index is -1.00. The van der Waals surface area contributed by atoms with Crippen molar-refractivity contribution >= 4 is 46.0 Å². The number of carboxylic acid groups (broad SMARTS) is 1. The molecule has 0 radical (unpaired) electrons. The van der Waals surface area contributed by atoms with Crippen molar-refractivity contribution in [2.24, 2.45) is 17.0 Å². The van der Waals surface area contributed by atoms with Crippen LogP contribution in [0.25, 0.3) is 11.6 Å². The van der Waals surface area contributed by atoms with Gasteiger partial charge in [0, 0.05) is 23.9 Å². The Morgan fingerprint density at radius 3 is 2.79 bits per heavy atom. The Morgan fingerprint density at radius 2 is 2.00 bits per heavy atom. The third kappa shape index (κ3) is 3.16. The van der Waals surface area contributed by atoms with Gasteiger partial charge in [-0.05, 0) is 37.3 Å². The lowest BCUT2D eigenvalue weighted by Gasteiger charge is -2.01. The number of nitrogens with zero attached hydrogens (tertiary/aromatic N) is 3. The van der Waals surface area contributed by atoms with Gasteiger partial charge in [0.2, 0.25) is 5.88 Å². The SMILES string of the molecule is CC1=Nc2ccccc2/C1=C/c1sc(=Nc2cccc(C(=O)O)c2)n(C)c1O. The molecule has 3 aromatic rings. The van der Waals surface area contributed by atoms with Gasteiger partial charge in [0.25, 0.3) is 0 Å². The van der Waals surface area contributed by atoms with E-state index in [9.17, 15) is 9.90 Å². The molecule has 1 aromatic heterocycles. The first-order valence-electron chi connectivity index (χ1n) is 8.57. The van der Waals surface area contributed by atoms with Crippen molar-refractivity contribution in [2.75, 3.05) is 0 Å². The molecule has 0 spiro atoms. The van der Waals surface area contributed by atoms with Gasteiger partial charge < -0.3 is 10.2 Å². The number of aromatic carboxylic acids is 1. The lowest BCUT2D eigenvalue weighted by Crippen LogP contribution is -2.08. The Bertz CT molecular complexity index is 1230. The molecule has 0 unspecified atom stereocenters. The fourth-order valence-electron chi connectivity index (χ4n) is 3.03. The third-order valence-corrected chi connectivity index (χ3v) is 5.56. The number of carboxylic acids is 1. The first kappa shape index (κ1) is 17.9. The standard InChI is InChI=1S/C21H17N3O3S/c1-12-16(15-8-3-4-9-17(15)22-12)11-18-19(25)24(2)21(28-18)23-14-7-5-6-13(10-14)20(26)27/h3-11,25H,1-2H3,(H,26,27)/b16-11+,23-21?. The van der Waals surface area contributed by atoms with Crippen LogP contribution in [0.3, 0.4) is 0 Å². The second-order valence-corrected chi connectivity index (χ2v) is 7.38. The van der Waals surface area contributed by atoms with Crippen molar-refractivity contribution < 1.29 is 15.0 Å². The maximum Gasteiger partial charge on any atom is 0.335 e. The van der Waals surface area contributed by atoms with Crippen molar-refractivity contribution in [2.45, 2.75) is 6.92 Å². The van der Waals surface area contributed by atoms with Crippen molar-refractivity contribution in [3.63, 3.8) is 0 Å². The number of carbonyl (C=O) groups is 1. The minimum absolute atomic E-state index is 0.0998. The zero-order valence-corrected chi connectivity index (χ0v) is 16.1. The Labute approximate surface area is 165 Å². The number of hydrogen-bond acceptors (Lipinski definition) is 5. The van der Waals surface area contributed by atoms with Gasteiger partial charge in [0.15, 0.2) is 4.80 Å². The molecule has 0 aliphatic carbocycles. The average molecular weight is 391 g/mol. The van der Waals surface area contributed by atoms with Crippen LogP contribution in [-0.4, -0.2) is 26.5 Å². The predicted octanol–water partition coefficient (Wildman–Crippen LogP) is 4.37. The summed E-state index contributed by atoms with van der Waals surface area (Å²) in [6.45, 7) is 1.94. The van der Waals surface area contributed by atoms with Gasteiger partial charge >= 0.3 is 5.97 Å². The fraction of sp³-hybridized carbons (Fsp3) is 0.0952. The van der Waals surface area contributed by atoms with Crippen molar-refractivity contribution in [1.82, 2.24) is 4.57 Å². The molecule has 7 heteroatoms. The topological polar surface area (TPSA) is 87.2 Å². The highest BCUT2D eigenvalue weighted by Crippen LogP contribution is 2.37. The molecule has 0 bridgehead atoms. The molecule has 2 aromatic carbocycles. The number of para-hydroxylation sites is 1. The molecule has 4 rings (SSSR count). The van der Waals surface area contributed by atoms with Crippen LogP contribution >= 0.6 is 11.3 Å². The van der Waals surface area contributed by atoms with Crippen molar-refractivity contribution in [1.29, 1.82) is 0 Å². The summed E-state index contributed by atoms with van der Waals surface area (Å²) in [7, 11) is 1.72. The summed E-state index contributed by atoms with van der Waals surface area (Å²) in [5, 5.41) is 19.7. The molecule has 6 nitrogen and oxygen atoms in total. The molecule has 0 amide bonds. The molecule has 0 saturated heterocycles. The molecule has 1 aliphatic rings. The summed E-state index contributed by atoms with van der Waals surface area (Å²) in [5.41, 5.74) is 4.49. The zero-order valence-electron chi connectivity index (χ0n) is 15.2.